The highest BCUT2D eigenvalue weighted by molar-refractivity contribution is 7.89. The Hall–Kier alpha value is -2.41. The summed E-state index contributed by atoms with van der Waals surface area (Å²) >= 11 is 0. The quantitative estimate of drug-likeness (QED) is 0.621. The van der Waals surface area contributed by atoms with Crippen LogP contribution in [0, 0.1) is 5.82 Å². The molecule has 0 aliphatic carbocycles. The fourth-order valence-corrected chi connectivity index (χ4v) is 3.36. The summed E-state index contributed by atoms with van der Waals surface area (Å²) < 4.78 is 35.7. The molecule has 7 heteroatoms. The third-order valence-electron chi connectivity index (χ3n) is 3.81. The number of hydrogen-bond acceptors (Lipinski definition) is 3. The maximum absolute atomic E-state index is 13.0. The molecule has 0 amide bonds. The topological polar surface area (TPSA) is 61.8 Å². The van der Waals surface area contributed by atoms with E-state index in [4.69, 9.17) is 0 Å². The van der Waals surface area contributed by atoms with Gasteiger partial charge in [0, 0.05) is 33.4 Å². The van der Waals surface area contributed by atoms with Gasteiger partial charge in [-0.25, -0.2) is 12.8 Å². The third-order valence-corrected chi connectivity index (χ3v) is 4.67. The van der Waals surface area contributed by atoms with E-state index in [-0.39, 0.29) is 11.6 Å². The van der Waals surface area contributed by atoms with Crippen molar-refractivity contribution >= 4 is 15.8 Å². The monoisotopic (exact) mass is 377 g/mol. The minimum Gasteiger partial charge on any atom is -0.352 e. The van der Waals surface area contributed by atoms with Gasteiger partial charge in [0.05, 0.1) is 5.75 Å². The Labute approximate surface area is 154 Å². The van der Waals surface area contributed by atoms with Gasteiger partial charge in [0.15, 0.2) is 15.8 Å². The molecule has 5 nitrogen and oxygen atoms in total. The average Bonchev–Trinajstić information content (AvgIpc) is 2.57. The molecule has 1 N–H and O–H groups in total. The van der Waals surface area contributed by atoms with Gasteiger partial charge in [-0.1, -0.05) is 36.4 Å². The van der Waals surface area contributed by atoms with Gasteiger partial charge in [-0.05, 0) is 28.8 Å². The van der Waals surface area contributed by atoms with Crippen molar-refractivity contribution in [3.05, 3.63) is 71.0 Å². The number of halogens is 1. The van der Waals surface area contributed by atoms with E-state index in [1.54, 1.807) is 19.2 Å². The first-order valence-electron chi connectivity index (χ1n) is 8.18. The van der Waals surface area contributed by atoms with Crippen LogP contribution in [-0.2, 0) is 28.7 Å². The summed E-state index contributed by atoms with van der Waals surface area (Å²) in [6.45, 7) is 1.17. The van der Waals surface area contributed by atoms with Crippen molar-refractivity contribution in [2.75, 3.05) is 20.4 Å². The lowest BCUT2D eigenvalue weighted by Crippen LogP contribution is -2.38. The molecule has 0 bridgehead atoms. The van der Waals surface area contributed by atoms with E-state index in [9.17, 15) is 12.8 Å². The minimum absolute atomic E-state index is 0.0444. The van der Waals surface area contributed by atoms with Crippen LogP contribution in [-0.4, -0.2) is 39.6 Å². The third kappa shape index (κ3) is 6.48. The van der Waals surface area contributed by atoms with Crippen molar-refractivity contribution in [2.24, 2.45) is 4.99 Å². The molecule has 0 unspecified atom stereocenters. The Bertz CT molecular complexity index is 847. The number of benzene rings is 2. The zero-order valence-electron chi connectivity index (χ0n) is 15.2. The Balaban J connectivity index is 1.92. The first-order valence-corrected chi connectivity index (χ1v) is 10.2. The maximum Gasteiger partial charge on any atom is 0.193 e. The summed E-state index contributed by atoms with van der Waals surface area (Å²) in [5.74, 6) is 0.510. The lowest BCUT2D eigenvalue weighted by atomic mass is 10.1. The van der Waals surface area contributed by atoms with Gasteiger partial charge in [0.25, 0.3) is 0 Å². The van der Waals surface area contributed by atoms with E-state index in [1.165, 1.54) is 18.4 Å². The Morgan fingerprint density at radius 1 is 1.04 bits per heavy atom. The summed E-state index contributed by atoms with van der Waals surface area (Å²) in [5, 5.41) is 3.27. The maximum atomic E-state index is 13.0. The highest BCUT2D eigenvalue weighted by Crippen LogP contribution is 2.09. The van der Waals surface area contributed by atoms with Crippen LogP contribution in [0.3, 0.4) is 0 Å². The number of rotatable bonds is 6. The van der Waals surface area contributed by atoms with Crippen molar-refractivity contribution in [3.63, 3.8) is 0 Å². The molecule has 0 saturated carbocycles. The van der Waals surface area contributed by atoms with Crippen LogP contribution in [0.25, 0.3) is 0 Å². The smallest absolute Gasteiger partial charge is 0.193 e. The Kier molecular flexibility index (Phi) is 6.74. The van der Waals surface area contributed by atoms with Gasteiger partial charge in [-0.2, -0.15) is 0 Å². The zero-order valence-corrected chi connectivity index (χ0v) is 16.1. The highest BCUT2D eigenvalue weighted by atomic mass is 32.2. The molecular formula is C19H24FN3O2S. The van der Waals surface area contributed by atoms with Crippen molar-refractivity contribution < 1.29 is 12.8 Å². The predicted molar refractivity (Wildman–Crippen MR) is 103 cm³/mol. The van der Waals surface area contributed by atoms with E-state index >= 15 is 0 Å². The first kappa shape index (κ1) is 19.9. The van der Waals surface area contributed by atoms with Crippen LogP contribution in [0.5, 0.6) is 0 Å². The zero-order chi connectivity index (χ0) is 19.2. The lowest BCUT2D eigenvalue weighted by Gasteiger charge is -2.22. The molecule has 0 radical (unpaired) electrons. The largest absolute Gasteiger partial charge is 0.352 e. The fourth-order valence-electron chi connectivity index (χ4n) is 2.56. The number of guanidine groups is 1. The van der Waals surface area contributed by atoms with E-state index in [2.05, 4.69) is 10.3 Å². The molecular weight excluding hydrogens is 353 g/mol. The molecule has 0 fully saturated rings. The minimum atomic E-state index is -3.03. The second-order valence-electron chi connectivity index (χ2n) is 6.27. The van der Waals surface area contributed by atoms with Gasteiger partial charge in [0.1, 0.15) is 5.82 Å². The SMILES string of the molecule is CN=C(NCc1ccc(CS(C)(=O)=O)cc1)N(C)Cc1ccc(F)cc1. The van der Waals surface area contributed by atoms with E-state index in [0.29, 0.717) is 13.1 Å². The molecule has 2 aromatic rings. The second kappa shape index (κ2) is 8.80. The van der Waals surface area contributed by atoms with E-state index < -0.39 is 9.84 Å². The molecule has 2 aromatic carbocycles. The molecule has 0 atom stereocenters. The lowest BCUT2D eigenvalue weighted by molar-refractivity contribution is 0.476. The second-order valence-corrected chi connectivity index (χ2v) is 8.41. The fraction of sp³-hybridized carbons (Fsp3) is 0.316. The number of aliphatic imine (C=N–C) groups is 1. The molecule has 0 spiro atoms. The summed E-state index contributed by atoms with van der Waals surface area (Å²) in [7, 11) is 0.589. The summed E-state index contributed by atoms with van der Waals surface area (Å²) in [6, 6.07) is 13.8. The number of nitrogens with one attached hydrogen (secondary N) is 1. The van der Waals surface area contributed by atoms with Crippen LogP contribution in [0.4, 0.5) is 4.39 Å². The van der Waals surface area contributed by atoms with Crippen LogP contribution >= 0.6 is 0 Å². The predicted octanol–water partition coefficient (Wildman–Crippen LogP) is 2.58. The number of nitrogens with zero attached hydrogens (tertiary/aromatic N) is 2. The van der Waals surface area contributed by atoms with Crippen molar-refractivity contribution in [2.45, 2.75) is 18.8 Å². The van der Waals surface area contributed by atoms with E-state index in [0.717, 1.165) is 22.6 Å². The van der Waals surface area contributed by atoms with E-state index in [1.807, 2.05) is 36.2 Å². The van der Waals surface area contributed by atoms with Gasteiger partial charge < -0.3 is 10.2 Å². The van der Waals surface area contributed by atoms with Gasteiger partial charge in [0.2, 0.25) is 0 Å². The summed E-state index contributed by atoms with van der Waals surface area (Å²) in [5.41, 5.74) is 2.79. The molecule has 140 valence electrons. The van der Waals surface area contributed by atoms with Crippen molar-refractivity contribution in [3.8, 4) is 0 Å². The molecule has 0 heterocycles. The number of sulfone groups is 1. The van der Waals surface area contributed by atoms with Gasteiger partial charge in [-0.3, -0.25) is 4.99 Å². The standard InChI is InChI=1S/C19H24FN3O2S/c1-21-19(23(2)13-16-8-10-18(20)11-9-16)22-12-15-4-6-17(7-5-15)14-26(3,24)25/h4-11H,12-14H2,1-3H3,(H,21,22). The average molecular weight is 377 g/mol. The molecule has 26 heavy (non-hydrogen) atoms. The molecule has 0 saturated heterocycles. The Morgan fingerprint density at radius 3 is 2.12 bits per heavy atom. The molecule has 2 rings (SSSR count). The molecule has 0 aliphatic rings. The summed E-state index contributed by atoms with van der Waals surface area (Å²) in [4.78, 5) is 6.21. The van der Waals surface area contributed by atoms with Crippen molar-refractivity contribution in [1.82, 2.24) is 10.2 Å². The van der Waals surface area contributed by atoms with Gasteiger partial charge in [-0.15, -0.1) is 0 Å². The van der Waals surface area contributed by atoms with Crippen LogP contribution in [0.15, 0.2) is 53.5 Å². The molecule has 0 aromatic heterocycles. The van der Waals surface area contributed by atoms with Crippen molar-refractivity contribution in [1.29, 1.82) is 0 Å². The molecule has 0 aliphatic heterocycles. The van der Waals surface area contributed by atoms with Crippen LogP contribution in [0.2, 0.25) is 0 Å². The highest BCUT2D eigenvalue weighted by Gasteiger charge is 2.08. The normalized spacial score (nSPS) is 12.1. The summed E-state index contributed by atoms with van der Waals surface area (Å²) in [6.07, 6.45) is 1.23. The Morgan fingerprint density at radius 2 is 1.58 bits per heavy atom. The van der Waals surface area contributed by atoms with Crippen LogP contribution in [0.1, 0.15) is 16.7 Å². The van der Waals surface area contributed by atoms with Gasteiger partial charge >= 0.3 is 0 Å². The van der Waals surface area contributed by atoms with Crippen LogP contribution < -0.4 is 5.32 Å². The first-order chi connectivity index (χ1) is 12.3. The number of hydrogen-bond donors (Lipinski definition) is 1.